The Labute approximate surface area is 103 Å². The zero-order valence-electron chi connectivity index (χ0n) is 10.9. The Kier molecular flexibility index (Phi) is 3.34. The van der Waals surface area contributed by atoms with Gasteiger partial charge < -0.3 is 9.53 Å². The molecule has 17 heavy (non-hydrogen) atoms. The maximum absolute atomic E-state index is 11.2. The van der Waals surface area contributed by atoms with Crippen molar-refractivity contribution < 1.29 is 9.53 Å². The van der Waals surface area contributed by atoms with Gasteiger partial charge in [-0.3, -0.25) is 0 Å². The molecular weight excluding hydrogens is 212 g/mol. The summed E-state index contributed by atoms with van der Waals surface area (Å²) < 4.78 is 5.40. The number of hydrogen-bond donors (Lipinski definition) is 0. The summed E-state index contributed by atoms with van der Waals surface area (Å²) in [6, 6.07) is 6.56. The fraction of sp³-hybridized carbons (Fsp3) is 0.533. The molecule has 1 saturated heterocycles. The Hall–Kier alpha value is -1.15. The van der Waals surface area contributed by atoms with Gasteiger partial charge >= 0.3 is 0 Å². The Bertz CT molecular complexity index is 431. The Morgan fingerprint density at radius 1 is 1.35 bits per heavy atom. The summed E-state index contributed by atoms with van der Waals surface area (Å²) in [7, 11) is 0. The molecule has 1 aliphatic heterocycles. The van der Waals surface area contributed by atoms with Gasteiger partial charge in [0.05, 0.1) is 13.2 Å². The first-order chi connectivity index (χ1) is 8.03. The van der Waals surface area contributed by atoms with E-state index in [0.29, 0.717) is 6.42 Å². The number of benzene rings is 1. The van der Waals surface area contributed by atoms with Crippen LogP contribution in [0.1, 0.15) is 36.5 Å². The minimum absolute atomic E-state index is 0.0868. The molecule has 0 spiro atoms. The van der Waals surface area contributed by atoms with E-state index in [1.165, 1.54) is 16.7 Å². The molecular formula is C15H20O2. The van der Waals surface area contributed by atoms with E-state index in [0.717, 1.165) is 19.6 Å². The first-order valence-electron chi connectivity index (χ1n) is 6.18. The second-order valence-electron chi connectivity index (χ2n) is 5.29. The molecule has 1 aromatic carbocycles. The van der Waals surface area contributed by atoms with Gasteiger partial charge in [-0.05, 0) is 38.3 Å². The lowest BCUT2D eigenvalue weighted by Crippen LogP contribution is -2.47. The van der Waals surface area contributed by atoms with E-state index in [-0.39, 0.29) is 11.2 Å². The minimum atomic E-state index is 0.0868. The molecule has 0 aromatic heterocycles. The molecule has 2 heteroatoms. The van der Waals surface area contributed by atoms with Crippen molar-refractivity contribution in [3.05, 3.63) is 34.9 Å². The molecule has 0 unspecified atom stereocenters. The summed E-state index contributed by atoms with van der Waals surface area (Å²) in [5.41, 5.74) is 4.05. The lowest BCUT2D eigenvalue weighted by molar-refractivity contribution is -0.119. The van der Waals surface area contributed by atoms with E-state index in [4.69, 9.17) is 4.74 Å². The van der Waals surface area contributed by atoms with Crippen LogP contribution in [-0.4, -0.2) is 19.0 Å². The second-order valence-corrected chi connectivity index (χ2v) is 5.29. The topological polar surface area (TPSA) is 26.3 Å². The van der Waals surface area contributed by atoms with Crippen LogP contribution in [0.3, 0.4) is 0 Å². The highest BCUT2D eigenvalue weighted by molar-refractivity contribution is 5.75. The summed E-state index contributed by atoms with van der Waals surface area (Å²) >= 11 is 0. The van der Waals surface area contributed by atoms with Crippen molar-refractivity contribution in [2.75, 3.05) is 13.2 Å². The maximum Gasteiger partial charge on any atom is 0.129 e. The third-order valence-corrected chi connectivity index (χ3v) is 3.67. The van der Waals surface area contributed by atoms with Crippen molar-refractivity contribution in [2.24, 2.45) is 0 Å². The van der Waals surface area contributed by atoms with E-state index in [1.54, 1.807) is 6.92 Å². The third kappa shape index (κ3) is 2.42. The number of ether oxygens (including phenoxy) is 1. The van der Waals surface area contributed by atoms with E-state index < -0.39 is 0 Å². The average molecular weight is 232 g/mol. The predicted octanol–water partition coefficient (Wildman–Crippen LogP) is 2.94. The van der Waals surface area contributed by atoms with E-state index in [1.807, 2.05) is 0 Å². The van der Waals surface area contributed by atoms with Crippen LogP contribution >= 0.6 is 0 Å². The number of aryl methyl sites for hydroxylation is 2. The van der Waals surface area contributed by atoms with Crippen molar-refractivity contribution in [1.82, 2.24) is 0 Å². The smallest absolute Gasteiger partial charge is 0.129 e. The van der Waals surface area contributed by atoms with Crippen LogP contribution in [0, 0.1) is 13.8 Å². The fourth-order valence-electron chi connectivity index (χ4n) is 2.61. The standard InChI is InChI=1S/C15H20O2/c1-11-4-5-14(12(2)8-11)15(9-17-10-15)7-6-13(3)16/h4-5,8H,6-7,9-10H2,1-3H3. The van der Waals surface area contributed by atoms with E-state index in [9.17, 15) is 4.79 Å². The van der Waals surface area contributed by atoms with Crippen LogP contribution in [0.5, 0.6) is 0 Å². The van der Waals surface area contributed by atoms with Gasteiger partial charge in [0.25, 0.3) is 0 Å². The van der Waals surface area contributed by atoms with Crippen LogP contribution in [0.25, 0.3) is 0 Å². The Balaban J connectivity index is 2.25. The molecule has 2 rings (SSSR count). The first-order valence-corrected chi connectivity index (χ1v) is 6.18. The van der Waals surface area contributed by atoms with Gasteiger partial charge in [-0.1, -0.05) is 23.8 Å². The summed E-state index contributed by atoms with van der Waals surface area (Å²) in [4.78, 5) is 11.2. The summed E-state index contributed by atoms with van der Waals surface area (Å²) in [6.45, 7) is 7.43. The molecule has 0 bridgehead atoms. The van der Waals surface area contributed by atoms with Crippen molar-refractivity contribution in [3.8, 4) is 0 Å². The van der Waals surface area contributed by atoms with Crippen molar-refractivity contribution in [3.63, 3.8) is 0 Å². The average Bonchev–Trinajstić information content (AvgIpc) is 2.18. The molecule has 0 aliphatic carbocycles. The van der Waals surface area contributed by atoms with Crippen LogP contribution in [0.15, 0.2) is 18.2 Å². The van der Waals surface area contributed by atoms with Gasteiger partial charge in [0.2, 0.25) is 0 Å². The van der Waals surface area contributed by atoms with Gasteiger partial charge in [-0.2, -0.15) is 0 Å². The molecule has 0 amide bonds. The van der Waals surface area contributed by atoms with Crippen molar-refractivity contribution in [2.45, 2.75) is 39.0 Å². The first kappa shape index (κ1) is 12.3. The summed E-state index contributed by atoms with van der Waals surface area (Å²) in [5, 5.41) is 0. The number of hydrogen-bond acceptors (Lipinski definition) is 2. The van der Waals surface area contributed by atoms with Gasteiger partial charge in [-0.25, -0.2) is 0 Å². The normalized spacial score (nSPS) is 17.6. The highest BCUT2D eigenvalue weighted by atomic mass is 16.5. The molecule has 92 valence electrons. The molecule has 1 aromatic rings. The molecule has 0 radical (unpaired) electrons. The molecule has 0 atom stereocenters. The molecule has 0 N–H and O–H groups in total. The number of ketones is 1. The zero-order chi connectivity index (χ0) is 12.5. The van der Waals surface area contributed by atoms with Gasteiger partial charge in [-0.15, -0.1) is 0 Å². The van der Waals surface area contributed by atoms with Crippen LogP contribution < -0.4 is 0 Å². The Morgan fingerprint density at radius 3 is 2.53 bits per heavy atom. The number of carbonyl (C=O) groups is 1. The lowest BCUT2D eigenvalue weighted by Gasteiger charge is -2.43. The number of Topliss-reactive ketones (excluding diaryl/α,β-unsaturated/α-hetero) is 1. The van der Waals surface area contributed by atoms with Crippen molar-refractivity contribution >= 4 is 5.78 Å². The number of rotatable bonds is 4. The largest absolute Gasteiger partial charge is 0.379 e. The third-order valence-electron chi connectivity index (χ3n) is 3.67. The maximum atomic E-state index is 11.2. The monoisotopic (exact) mass is 232 g/mol. The van der Waals surface area contributed by atoms with Crippen molar-refractivity contribution in [1.29, 1.82) is 0 Å². The molecule has 2 nitrogen and oxygen atoms in total. The minimum Gasteiger partial charge on any atom is -0.379 e. The van der Waals surface area contributed by atoms with E-state index >= 15 is 0 Å². The van der Waals surface area contributed by atoms with Crippen LogP contribution in [0.4, 0.5) is 0 Å². The highest BCUT2D eigenvalue weighted by Crippen LogP contribution is 2.38. The van der Waals surface area contributed by atoms with Crippen LogP contribution in [-0.2, 0) is 14.9 Å². The molecule has 1 heterocycles. The quantitative estimate of drug-likeness (QED) is 0.797. The lowest BCUT2D eigenvalue weighted by atomic mass is 9.73. The fourth-order valence-corrected chi connectivity index (χ4v) is 2.61. The van der Waals surface area contributed by atoms with Crippen LogP contribution in [0.2, 0.25) is 0 Å². The SMILES string of the molecule is CC(=O)CCC1(c2ccc(C)cc2C)COC1. The number of carbonyl (C=O) groups excluding carboxylic acids is 1. The zero-order valence-corrected chi connectivity index (χ0v) is 10.9. The predicted molar refractivity (Wildman–Crippen MR) is 68.3 cm³/mol. The molecule has 0 saturated carbocycles. The Morgan fingerprint density at radius 2 is 2.06 bits per heavy atom. The van der Waals surface area contributed by atoms with Gasteiger partial charge in [0, 0.05) is 11.8 Å². The van der Waals surface area contributed by atoms with Gasteiger partial charge in [0.1, 0.15) is 5.78 Å². The van der Waals surface area contributed by atoms with E-state index in [2.05, 4.69) is 32.0 Å². The second kappa shape index (κ2) is 4.61. The highest BCUT2D eigenvalue weighted by Gasteiger charge is 2.40. The summed E-state index contributed by atoms with van der Waals surface area (Å²) in [5.74, 6) is 0.265. The molecule has 1 fully saturated rings. The summed E-state index contributed by atoms with van der Waals surface area (Å²) in [6.07, 6.45) is 1.56. The molecule has 1 aliphatic rings. The van der Waals surface area contributed by atoms with Gasteiger partial charge in [0.15, 0.2) is 0 Å².